The van der Waals surface area contributed by atoms with E-state index in [0.717, 1.165) is 29.9 Å². The van der Waals surface area contributed by atoms with Crippen LogP contribution in [0.15, 0.2) is 29.2 Å². The highest BCUT2D eigenvalue weighted by Gasteiger charge is 2.16. The van der Waals surface area contributed by atoms with Crippen molar-refractivity contribution in [1.29, 1.82) is 0 Å². The van der Waals surface area contributed by atoms with Gasteiger partial charge in [0.2, 0.25) is 5.91 Å². The van der Waals surface area contributed by atoms with E-state index in [4.69, 9.17) is 4.74 Å². The Morgan fingerprint density at radius 2 is 2.10 bits per heavy atom. The SMILES string of the molecule is CCC(=O)c1ccc(SCC(=O)NCC2CCCO2)cc1. The van der Waals surface area contributed by atoms with Gasteiger partial charge in [-0.1, -0.05) is 19.1 Å². The zero-order chi connectivity index (χ0) is 15.1. The lowest BCUT2D eigenvalue weighted by atomic mass is 10.1. The zero-order valence-corrected chi connectivity index (χ0v) is 13.1. The molecule has 1 aliphatic rings. The van der Waals surface area contributed by atoms with Gasteiger partial charge >= 0.3 is 0 Å². The summed E-state index contributed by atoms with van der Waals surface area (Å²) in [7, 11) is 0. The largest absolute Gasteiger partial charge is 0.376 e. The van der Waals surface area contributed by atoms with Gasteiger partial charge in [0.05, 0.1) is 11.9 Å². The molecule has 1 aliphatic heterocycles. The van der Waals surface area contributed by atoms with Crippen LogP contribution in [-0.4, -0.2) is 36.7 Å². The maximum absolute atomic E-state index is 11.8. The van der Waals surface area contributed by atoms with E-state index in [2.05, 4.69) is 5.32 Å². The fourth-order valence-corrected chi connectivity index (χ4v) is 2.90. The molecular weight excluding hydrogens is 286 g/mol. The van der Waals surface area contributed by atoms with Crippen LogP contribution < -0.4 is 5.32 Å². The second-order valence-electron chi connectivity index (χ2n) is 5.03. The van der Waals surface area contributed by atoms with Gasteiger partial charge < -0.3 is 10.1 Å². The molecule has 1 fully saturated rings. The summed E-state index contributed by atoms with van der Waals surface area (Å²) in [4.78, 5) is 24.3. The molecule has 0 aromatic heterocycles. The van der Waals surface area contributed by atoms with Crippen LogP contribution in [0.1, 0.15) is 36.5 Å². The van der Waals surface area contributed by atoms with Crippen LogP contribution in [0.5, 0.6) is 0 Å². The first-order chi connectivity index (χ1) is 10.2. The molecule has 1 saturated heterocycles. The number of ketones is 1. The predicted molar refractivity (Wildman–Crippen MR) is 83.8 cm³/mol. The summed E-state index contributed by atoms with van der Waals surface area (Å²) in [5.41, 5.74) is 0.727. The second-order valence-corrected chi connectivity index (χ2v) is 6.08. The molecule has 1 heterocycles. The van der Waals surface area contributed by atoms with Gasteiger partial charge in [-0.05, 0) is 25.0 Å². The topological polar surface area (TPSA) is 55.4 Å². The fraction of sp³-hybridized carbons (Fsp3) is 0.500. The molecule has 0 aliphatic carbocycles. The van der Waals surface area contributed by atoms with E-state index >= 15 is 0 Å². The summed E-state index contributed by atoms with van der Waals surface area (Å²) >= 11 is 1.47. The second kappa shape index (κ2) is 8.20. The van der Waals surface area contributed by atoms with Gasteiger partial charge in [-0.2, -0.15) is 0 Å². The molecule has 0 spiro atoms. The van der Waals surface area contributed by atoms with Crippen molar-refractivity contribution in [3.8, 4) is 0 Å². The molecule has 1 amide bonds. The van der Waals surface area contributed by atoms with Gasteiger partial charge in [0.25, 0.3) is 0 Å². The Morgan fingerprint density at radius 1 is 1.33 bits per heavy atom. The molecule has 0 saturated carbocycles. The molecule has 1 aromatic rings. The highest BCUT2D eigenvalue weighted by Crippen LogP contribution is 2.19. The first-order valence-corrected chi connectivity index (χ1v) is 8.32. The maximum atomic E-state index is 11.8. The molecule has 0 bridgehead atoms. The molecule has 1 aromatic carbocycles. The Kier molecular flexibility index (Phi) is 6.26. The van der Waals surface area contributed by atoms with Gasteiger partial charge in [-0.25, -0.2) is 0 Å². The van der Waals surface area contributed by atoms with Gasteiger partial charge in [0, 0.05) is 30.0 Å². The number of carbonyl (C=O) groups excluding carboxylic acids is 2. The molecule has 2 rings (SSSR count). The van der Waals surface area contributed by atoms with Crippen LogP contribution in [0.4, 0.5) is 0 Å². The molecular formula is C16H21NO3S. The third-order valence-corrected chi connectivity index (χ3v) is 4.43. The van der Waals surface area contributed by atoms with Crippen molar-refractivity contribution in [1.82, 2.24) is 5.32 Å². The van der Waals surface area contributed by atoms with Crippen molar-refractivity contribution in [3.05, 3.63) is 29.8 Å². The normalized spacial score (nSPS) is 17.7. The molecule has 114 valence electrons. The number of carbonyl (C=O) groups is 2. The van der Waals surface area contributed by atoms with Crippen LogP contribution in [0, 0.1) is 0 Å². The van der Waals surface area contributed by atoms with Crippen molar-refractivity contribution in [3.63, 3.8) is 0 Å². The first-order valence-electron chi connectivity index (χ1n) is 7.33. The van der Waals surface area contributed by atoms with Crippen LogP contribution in [0.3, 0.4) is 0 Å². The molecule has 4 nitrogen and oxygen atoms in total. The van der Waals surface area contributed by atoms with Gasteiger partial charge in [-0.3, -0.25) is 9.59 Å². The molecule has 21 heavy (non-hydrogen) atoms. The fourth-order valence-electron chi connectivity index (χ4n) is 2.17. The average Bonchev–Trinajstić information content (AvgIpc) is 3.04. The summed E-state index contributed by atoms with van der Waals surface area (Å²) < 4.78 is 5.46. The average molecular weight is 307 g/mol. The van der Waals surface area contributed by atoms with E-state index in [-0.39, 0.29) is 17.8 Å². The number of benzene rings is 1. The van der Waals surface area contributed by atoms with Crippen LogP contribution in [0.2, 0.25) is 0 Å². The van der Waals surface area contributed by atoms with E-state index in [1.165, 1.54) is 11.8 Å². The van der Waals surface area contributed by atoms with Gasteiger partial charge in [0.1, 0.15) is 0 Å². The molecule has 1 unspecified atom stereocenters. The maximum Gasteiger partial charge on any atom is 0.230 e. The first kappa shape index (κ1) is 16.0. The highest BCUT2D eigenvalue weighted by atomic mass is 32.2. The van der Waals surface area contributed by atoms with Crippen molar-refractivity contribution in [2.24, 2.45) is 0 Å². The van der Waals surface area contributed by atoms with Crippen LogP contribution in [0.25, 0.3) is 0 Å². The molecule has 5 heteroatoms. The third kappa shape index (κ3) is 5.17. The lowest BCUT2D eigenvalue weighted by Crippen LogP contribution is -2.32. The molecule has 0 radical (unpaired) electrons. The minimum Gasteiger partial charge on any atom is -0.376 e. The number of ether oxygens (including phenoxy) is 1. The van der Waals surface area contributed by atoms with Crippen molar-refractivity contribution < 1.29 is 14.3 Å². The molecule has 1 N–H and O–H groups in total. The van der Waals surface area contributed by atoms with E-state index in [0.29, 0.717) is 18.7 Å². The van der Waals surface area contributed by atoms with Crippen molar-refractivity contribution in [2.75, 3.05) is 18.9 Å². The number of nitrogens with one attached hydrogen (secondary N) is 1. The summed E-state index contributed by atoms with van der Waals surface area (Å²) in [6.07, 6.45) is 2.80. The van der Waals surface area contributed by atoms with E-state index < -0.39 is 0 Å². The Labute approximate surface area is 129 Å². The number of hydrogen-bond acceptors (Lipinski definition) is 4. The number of thioether (sulfide) groups is 1. The quantitative estimate of drug-likeness (QED) is 0.621. The highest BCUT2D eigenvalue weighted by molar-refractivity contribution is 8.00. The van der Waals surface area contributed by atoms with Crippen molar-refractivity contribution >= 4 is 23.5 Å². The smallest absolute Gasteiger partial charge is 0.230 e. The Hall–Kier alpha value is -1.33. The van der Waals surface area contributed by atoms with E-state index in [1.807, 2.05) is 31.2 Å². The summed E-state index contributed by atoms with van der Waals surface area (Å²) in [5, 5.41) is 2.89. The van der Waals surface area contributed by atoms with E-state index in [1.54, 1.807) is 0 Å². The van der Waals surface area contributed by atoms with Gasteiger partial charge in [0.15, 0.2) is 5.78 Å². The number of amides is 1. The monoisotopic (exact) mass is 307 g/mol. The minimum absolute atomic E-state index is 0.0178. The summed E-state index contributed by atoms with van der Waals surface area (Å²) in [6, 6.07) is 7.42. The standard InChI is InChI=1S/C16H21NO3S/c1-2-15(18)12-5-7-14(8-6-12)21-11-16(19)17-10-13-4-3-9-20-13/h5-8,13H,2-4,9-11H2,1H3,(H,17,19). The van der Waals surface area contributed by atoms with Crippen LogP contribution >= 0.6 is 11.8 Å². The lowest BCUT2D eigenvalue weighted by molar-refractivity contribution is -0.119. The predicted octanol–water partition coefficient (Wildman–Crippen LogP) is 2.67. The molecule has 1 atom stereocenters. The van der Waals surface area contributed by atoms with Crippen molar-refractivity contribution in [2.45, 2.75) is 37.2 Å². The summed E-state index contributed by atoms with van der Waals surface area (Å²) in [5.74, 6) is 0.540. The zero-order valence-electron chi connectivity index (χ0n) is 12.3. The number of rotatable bonds is 7. The number of Topliss-reactive ketones (excluding diaryl/α,β-unsaturated/α-hetero) is 1. The lowest BCUT2D eigenvalue weighted by Gasteiger charge is -2.10. The van der Waals surface area contributed by atoms with Crippen LogP contribution in [-0.2, 0) is 9.53 Å². The van der Waals surface area contributed by atoms with Gasteiger partial charge in [-0.15, -0.1) is 11.8 Å². The van der Waals surface area contributed by atoms with E-state index in [9.17, 15) is 9.59 Å². The minimum atomic E-state index is 0.0178. The Balaban J connectivity index is 1.71. The Morgan fingerprint density at radius 3 is 2.71 bits per heavy atom. The third-order valence-electron chi connectivity index (χ3n) is 3.42. The Bertz CT molecular complexity index is 481. The summed E-state index contributed by atoms with van der Waals surface area (Å²) in [6.45, 7) is 3.25. The number of hydrogen-bond donors (Lipinski definition) is 1.